The molecule has 0 saturated carbocycles. The van der Waals surface area contributed by atoms with Crippen molar-refractivity contribution in [1.29, 1.82) is 0 Å². The molecule has 6 nitrogen and oxygen atoms in total. The standard InChI is InChI=1S/C11H12N2O4/c1-17-8-4-2-3-7-9(8)12-11(16)13(5-6-14)10(7)15/h2-4,14H,5-6H2,1H3,(H,12,16). The maximum atomic E-state index is 12.0. The van der Waals surface area contributed by atoms with Crippen molar-refractivity contribution in [3.05, 3.63) is 39.0 Å². The number of nitrogens with zero attached hydrogens (tertiary/aromatic N) is 1. The Hall–Kier alpha value is -2.08. The number of aromatic amines is 1. The normalized spacial score (nSPS) is 10.7. The molecule has 2 aromatic rings. The minimum atomic E-state index is -0.555. The highest BCUT2D eigenvalue weighted by atomic mass is 16.5. The average molecular weight is 236 g/mol. The van der Waals surface area contributed by atoms with Gasteiger partial charge in [-0.15, -0.1) is 0 Å². The molecule has 0 atom stereocenters. The zero-order valence-electron chi connectivity index (χ0n) is 9.27. The number of fused-ring (bicyclic) bond motifs is 1. The summed E-state index contributed by atoms with van der Waals surface area (Å²) in [4.78, 5) is 26.2. The van der Waals surface area contributed by atoms with Gasteiger partial charge in [-0.1, -0.05) is 6.07 Å². The predicted molar refractivity (Wildman–Crippen MR) is 62.5 cm³/mol. The molecule has 2 rings (SSSR count). The first-order chi connectivity index (χ1) is 8.19. The highest BCUT2D eigenvalue weighted by Crippen LogP contribution is 2.19. The van der Waals surface area contributed by atoms with Crippen LogP contribution in [0.25, 0.3) is 10.9 Å². The third kappa shape index (κ3) is 1.83. The van der Waals surface area contributed by atoms with Crippen molar-refractivity contribution in [2.75, 3.05) is 13.7 Å². The third-order valence-corrected chi connectivity index (χ3v) is 2.52. The quantitative estimate of drug-likeness (QED) is 0.765. The van der Waals surface area contributed by atoms with Crippen molar-refractivity contribution >= 4 is 10.9 Å². The van der Waals surface area contributed by atoms with Crippen LogP contribution in [0.4, 0.5) is 0 Å². The van der Waals surface area contributed by atoms with Gasteiger partial charge >= 0.3 is 5.69 Å². The van der Waals surface area contributed by atoms with E-state index in [0.717, 1.165) is 4.57 Å². The van der Waals surface area contributed by atoms with Crippen molar-refractivity contribution in [3.63, 3.8) is 0 Å². The summed E-state index contributed by atoms with van der Waals surface area (Å²) in [5.74, 6) is 0.438. The Morgan fingerprint density at radius 3 is 2.82 bits per heavy atom. The van der Waals surface area contributed by atoms with E-state index in [-0.39, 0.29) is 13.2 Å². The van der Waals surface area contributed by atoms with Crippen LogP contribution in [-0.4, -0.2) is 28.4 Å². The van der Waals surface area contributed by atoms with E-state index in [1.54, 1.807) is 18.2 Å². The lowest BCUT2D eigenvalue weighted by Crippen LogP contribution is -2.36. The Morgan fingerprint density at radius 2 is 2.18 bits per heavy atom. The first-order valence-corrected chi connectivity index (χ1v) is 5.09. The second-order valence-electron chi connectivity index (χ2n) is 3.49. The third-order valence-electron chi connectivity index (χ3n) is 2.52. The van der Waals surface area contributed by atoms with Gasteiger partial charge in [-0.2, -0.15) is 0 Å². The van der Waals surface area contributed by atoms with Gasteiger partial charge in [0.1, 0.15) is 5.75 Å². The molecule has 1 aromatic carbocycles. The van der Waals surface area contributed by atoms with Crippen LogP contribution in [0.5, 0.6) is 5.75 Å². The van der Waals surface area contributed by atoms with Crippen LogP contribution in [-0.2, 0) is 6.54 Å². The first kappa shape index (κ1) is 11.4. The maximum Gasteiger partial charge on any atom is 0.329 e. The lowest BCUT2D eigenvalue weighted by Gasteiger charge is -2.07. The molecule has 17 heavy (non-hydrogen) atoms. The van der Waals surface area contributed by atoms with Gasteiger partial charge in [0.2, 0.25) is 0 Å². The number of aliphatic hydroxyl groups excluding tert-OH is 1. The fourth-order valence-electron chi connectivity index (χ4n) is 1.72. The van der Waals surface area contributed by atoms with E-state index < -0.39 is 11.2 Å². The monoisotopic (exact) mass is 236 g/mol. The molecule has 0 spiro atoms. The number of benzene rings is 1. The summed E-state index contributed by atoms with van der Waals surface area (Å²) in [5.41, 5.74) is -0.614. The summed E-state index contributed by atoms with van der Waals surface area (Å²) >= 11 is 0. The number of nitrogens with one attached hydrogen (secondary N) is 1. The van der Waals surface area contributed by atoms with E-state index in [0.29, 0.717) is 16.7 Å². The van der Waals surface area contributed by atoms with Crippen LogP contribution in [0.3, 0.4) is 0 Å². The Bertz CT molecular complexity index is 657. The van der Waals surface area contributed by atoms with Crippen LogP contribution in [0.15, 0.2) is 27.8 Å². The number of para-hydroxylation sites is 1. The molecule has 0 radical (unpaired) electrons. The van der Waals surface area contributed by atoms with Crippen LogP contribution >= 0.6 is 0 Å². The van der Waals surface area contributed by atoms with Crippen LogP contribution in [0, 0.1) is 0 Å². The first-order valence-electron chi connectivity index (χ1n) is 5.09. The van der Waals surface area contributed by atoms with Gasteiger partial charge in [0.25, 0.3) is 5.56 Å². The molecule has 0 aliphatic carbocycles. The van der Waals surface area contributed by atoms with Gasteiger partial charge in [-0.05, 0) is 12.1 Å². The second-order valence-corrected chi connectivity index (χ2v) is 3.49. The Labute approximate surface area is 96.1 Å². The van der Waals surface area contributed by atoms with Gasteiger partial charge in [0.05, 0.1) is 31.2 Å². The van der Waals surface area contributed by atoms with Gasteiger partial charge in [0.15, 0.2) is 0 Å². The summed E-state index contributed by atoms with van der Waals surface area (Å²) in [5, 5.41) is 9.16. The second kappa shape index (κ2) is 4.42. The van der Waals surface area contributed by atoms with Crippen molar-refractivity contribution in [1.82, 2.24) is 9.55 Å². The average Bonchev–Trinajstić information content (AvgIpc) is 2.34. The summed E-state index contributed by atoms with van der Waals surface area (Å²) in [6, 6.07) is 4.93. The van der Waals surface area contributed by atoms with Gasteiger partial charge < -0.3 is 14.8 Å². The van der Waals surface area contributed by atoms with Crippen molar-refractivity contribution < 1.29 is 9.84 Å². The number of hydrogen-bond acceptors (Lipinski definition) is 4. The van der Waals surface area contributed by atoms with Crippen molar-refractivity contribution in [3.8, 4) is 5.75 Å². The molecule has 0 bridgehead atoms. The smallest absolute Gasteiger partial charge is 0.329 e. The molecule has 0 aliphatic heterocycles. The predicted octanol–water partition coefficient (Wildman–Crippen LogP) is -0.309. The Kier molecular flexibility index (Phi) is 2.97. The molecule has 1 aromatic heterocycles. The lowest BCUT2D eigenvalue weighted by atomic mass is 10.2. The SMILES string of the molecule is COc1cccc2c(=O)n(CCO)c(=O)[nH]c12. The molecule has 0 saturated heterocycles. The highest BCUT2D eigenvalue weighted by molar-refractivity contribution is 5.83. The molecule has 0 unspecified atom stereocenters. The van der Waals surface area contributed by atoms with Crippen LogP contribution in [0.1, 0.15) is 0 Å². The van der Waals surface area contributed by atoms with E-state index in [1.165, 1.54) is 7.11 Å². The van der Waals surface area contributed by atoms with Gasteiger partial charge in [-0.25, -0.2) is 4.79 Å². The number of ether oxygens (including phenoxy) is 1. The van der Waals surface area contributed by atoms with Gasteiger partial charge in [-0.3, -0.25) is 9.36 Å². The topological polar surface area (TPSA) is 84.3 Å². The Balaban J connectivity index is 2.86. The number of hydrogen-bond donors (Lipinski definition) is 2. The molecular weight excluding hydrogens is 224 g/mol. The van der Waals surface area contributed by atoms with E-state index in [2.05, 4.69) is 4.98 Å². The molecule has 6 heteroatoms. The summed E-state index contributed by atoms with van der Waals surface area (Å²) in [6.07, 6.45) is 0. The molecule has 2 N–H and O–H groups in total. The highest BCUT2D eigenvalue weighted by Gasteiger charge is 2.09. The summed E-state index contributed by atoms with van der Waals surface area (Å²) in [7, 11) is 1.46. The van der Waals surface area contributed by atoms with Crippen LogP contribution < -0.4 is 16.0 Å². The number of methoxy groups -OCH3 is 1. The lowest BCUT2D eigenvalue weighted by molar-refractivity contribution is 0.272. The largest absolute Gasteiger partial charge is 0.495 e. The molecule has 0 aliphatic rings. The van der Waals surface area contributed by atoms with E-state index in [9.17, 15) is 9.59 Å². The van der Waals surface area contributed by atoms with Crippen molar-refractivity contribution in [2.24, 2.45) is 0 Å². The minimum Gasteiger partial charge on any atom is -0.495 e. The summed E-state index contributed by atoms with van der Waals surface area (Å²) in [6.45, 7) is -0.292. The maximum absolute atomic E-state index is 12.0. The fraction of sp³-hybridized carbons (Fsp3) is 0.273. The van der Waals surface area contributed by atoms with Gasteiger partial charge in [0, 0.05) is 0 Å². The number of aliphatic hydroxyl groups is 1. The molecule has 0 amide bonds. The Morgan fingerprint density at radius 1 is 1.41 bits per heavy atom. The number of rotatable bonds is 3. The van der Waals surface area contributed by atoms with E-state index >= 15 is 0 Å². The van der Waals surface area contributed by atoms with E-state index in [4.69, 9.17) is 9.84 Å². The zero-order valence-corrected chi connectivity index (χ0v) is 9.27. The number of aromatic nitrogens is 2. The molecule has 0 fully saturated rings. The fourth-order valence-corrected chi connectivity index (χ4v) is 1.72. The number of H-pyrrole nitrogens is 1. The van der Waals surface area contributed by atoms with Crippen molar-refractivity contribution in [2.45, 2.75) is 6.54 Å². The molecule has 90 valence electrons. The van der Waals surface area contributed by atoms with Crippen LogP contribution in [0.2, 0.25) is 0 Å². The minimum absolute atomic E-state index is 0.0265. The zero-order chi connectivity index (χ0) is 12.4. The molecular formula is C11H12N2O4. The molecule has 1 heterocycles. The summed E-state index contributed by atoms with van der Waals surface area (Å²) < 4.78 is 6.03. The van der Waals surface area contributed by atoms with E-state index in [1.807, 2.05) is 0 Å².